The van der Waals surface area contributed by atoms with Gasteiger partial charge >= 0.3 is 6.18 Å². The van der Waals surface area contributed by atoms with Gasteiger partial charge in [0, 0.05) is 31.2 Å². The van der Waals surface area contributed by atoms with Crippen molar-refractivity contribution in [2.75, 3.05) is 5.75 Å². The third-order valence-corrected chi connectivity index (χ3v) is 5.53. The monoisotopic (exact) mass is 370 g/mol. The van der Waals surface area contributed by atoms with Gasteiger partial charge in [-0.05, 0) is 12.1 Å². The number of pyridine rings is 2. The minimum absolute atomic E-state index is 0.0213. The van der Waals surface area contributed by atoms with Crippen LogP contribution in [0.25, 0.3) is 22.6 Å². The molecular weight excluding hydrogens is 357 g/mol. The number of rotatable bonds is 3. The second-order valence-electron chi connectivity index (χ2n) is 5.33. The first-order valence-corrected chi connectivity index (χ1v) is 8.87. The quantitative estimate of drug-likeness (QED) is 0.708. The zero-order chi connectivity index (χ0) is 18.4. The van der Waals surface area contributed by atoms with Crippen LogP contribution >= 0.6 is 0 Å². The maximum Gasteiger partial charge on any atom is 0.417 e. The Balaban J connectivity index is 2.26. The van der Waals surface area contributed by atoms with E-state index in [0.29, 0.717) is 0 Å². The van der Waals surface area contributed by atoms with Crippen molar-refractivity contribution >= 4 is 21.0 Å². The number of imidazole rings is 1. The number of aromatic nitrogens is 4. The average molecular weight is 370 g/mol. The molecule has 3 aromatic rings. The van der Waals surface area contributed by atoms with Gasteiger partial charge < -0.3 is 4.57 Å². The summed E-state index contributed by atoms with van der Waals surface area (Å²) >= 11 is 0. The number of alkyl halides is 3. The normalized spacial score (nSPS) is 12.7. The summed E-state index contributed by atoms with van der Waals surface area (Å²) in [4.78, 5) is 11.8. The van der Waals surface area contributed by atoms with E-state index in [1.165, 1.54) is 30.0 Å². The molecule has 0 aromatic carbocycles. The summed E-state index contributed by atoms with van der Waals surface area (Å²) in [5, 5.41) is 0. The number of hydrogen-bond acceptors (Lipinski definition) is 5. The van der Waals surface area contributed by atoms with E-state index in [2.05, 4.69) is 15.0 Å². The van der Waals surface area contributed by atoms with Gasteiger partial charge in [0.15, 0.2) is 15.5 Å². The van der Waals surface area contributed by atoms with Crippen molar-refractivity contribution < 1.29 is 21.6 Å². The fourth-order valence-electron chi connectivity index (χ4n) is 2.44. The molecule has 3 aromatic heterocycles. The van der Waals surface area contributed by atoms with E-state index in [4.69, 9.17) is 0 Å². The summed E-state index contributed by atoms with van der Waals surface area (Å²) in [6.45, 7) is 1.50. The highest BCUT2D eigenvalue weighted by molar-refractivity contribution is 7.91. The lowest BCUT2D eigenvalue weighted by Gasteiger charge is -2.08. The molecule has 0 saturated heterocycles. The minimum Gasteiger partial charge on any atom is -0.312 e. The maximum atomic E-state index is 12.9. The van der Waals surface area contributed by atoms with Crippen LogP contribution in [0.4, 0.5) is 13.2 Å². The molecule has 10 heteroatoms. The molecule has 3 rings (SSSR count). The van der Waals surface area contributed by atoms with Crippen molar-refractivity contribution in [3.05, 3.63) is 36.3 Å². The van der Waals surface area contributed by atoms with Gasteiger partial charge in [-0.15, -0.1) is 0 Å². The lowest BCUT2D eigenvalue weighted by atomic mass is 10.2. The standard InChI is InChI=1S/C15H13F3N4O2S/c1-3-25(23,24)12-8-19-5-4-10(12)13-21-11-6-9(15(16,17)18)7-20-14(11)22(13)2/h4-8H,3H2,1-2H3. The topological polar surface area (TPSA) is 77.7 Å². The number of nitrogens with zero attached hydrogens (tertiary/aromatic N) is 4. The van der Waals surface area contributed by atoms with Crippen molar-refractivity contribution in [2.24, 2.45) is 7.05 Å². The van der Waals surface area contributed by atoms with E-state index >= 15 is 0 Å². The number of fused-ring (bicyclic) bond motifs is 1. The summed E-state index contributed by atoms with van der Waals surface area (Å²) in [7, 11) is -2.02. The van der Waals surface area contributed by atoms with Crippen LogP contribution in [0.15, 0.2) is 35.6 Å². The Bertz CT molecular complexity index is 1060. The summed E-state index contributed by atoms with van der Waals surface area (Å²) in [5.41, 5.74) is -0.393. The molecular formula is C15H13F3N4O2S. The fourth-order valence-corrected chi connectivity index (χ4v) is 3.47. The molecule has 3 heterocycles. The molecule has 0 aliphatic carbocycles. The van der Waals surface area contributed by atoms with E-state index in [1.54, 1.807) is 7.05 Å². The van der Waals surface area contributed by atoms with Crippen molar-refractivity contribution in [3.63, 3.8) is 0 Å². The van der Waals surface area contributed by atoms with Gasteiger partial charge in [-0.25, -0.2) is 18.4 Å². The molecule has 0 aliphatic rings. The highest BCUT2D eigenvalue weighted by atomic mass is 32.2. The third-order valence-electron chi connectivity index (χ3n) is 3.78. The SMILES string of the molecule is CCS(=O)(=O)c1cnccc1-c1nc2cc(C(F)(F)F)cnc2n1C. The van der Waals surface area contributed by atoms with Crippen molar-refractivity contribution in [1.82, 2.24) is 19.5 Å². The fraction of sp³-hybridized carbons (Fsp3) is 0.267. The number of halogens is 3. The third kappa shape index (κ3) is 2.97. The van der Waals surface area contributed by atoms with Gasteiger partial charge in [-0.1, -0.05) is 6.92 Å². The molecule has 0 spiro atoms. The van der Waals surface area contributed by atoms with Gasteiger partial charge in [-0.3, -0.25) is 4.98 Å². The summed E-state index contributed by atoms with van der Waals surface area (Å²) in [5.74, 6) is 0.0720. The summed E-state index contributed by atoms with van der Waals surface area (Å²) < 4.78 is 64.5. The van der Waals surface area contributed by atoms with Crippen LogP contribution in [-0.2, 0) is 23.1 Å². The molecule has 0 N–H and O–H groups in total. The van der Waals surface area contributed by atoms with Crippen LogP contribution < -0.4 is 0 Å². The van der Waals surface area contributed by atoms with E-state index in [0.717, 1.165) is 12.3 Å². The molecule has 0 fully saturated rings. The van der Waals surface area contributed by atoms with Crippen molar-refractivity contribution in [3.8, 4) is 11.4 Å². The first kappa shape index (κ1) is 17.3. The number of aryl methyl sites for hydroxylation is 1. The van der Waals surface area contributed by atoms with Gasteiger partial charge in [0.25, 0.3) is 0 Å². The van der Waals surface area contributed by atoms with Crippen LogP contribution in [0.3, 0.4) is 0 Å². The van der Waals surface area contributed by atoms with Crippen LogP contribution in [0.1, 0.15) is 12.5 Å². The maximum absolute atomic E-state index is 12.9. The molecule has 0 atom stereocenters. The molecule has 0 amide bonds. The predicted molar refractivity (Wildman–Crippen MR) is 84.5 cm³/mol. The van der Waals surface area contributed by atoms with Gasteiger partial charge in [0.1, 0.15) is 11.3 Å². The predicted octanol–water partition coefficient (Wildman–Crippen LogP) is 2.84. The van der Waals surface area contributed by atoms with Gasteiger partial charge in [0.05, 0.1) is 16.2 Å². The first-order valence-electron chi connectivity index (χ1n) is 7.22. The van der Waals surface area contributed by atoms with Crippen LogP contribution in [0.5, 0.6) is 0 Å². The molecule has 25 heavy (non-hydrogen) atoms. The van der Waals surface area contributed by atoms with E-state index in [1.807, 2.05) is 0 Å². The number of sulfone groups is 1. The number of hydrogen-bond donors (Lipinski definition) is 0. The van der Waals surface area contributed by atoms with Crippen LogP contribution in [0, 0.1) is 0 Å². The highest BCUT2D eigenvalue weighted by Gasteiger charge is 2.32. The Morgan fingerprint density at radius 2 is 1.96 bits per heavy atom. The second kappa shape index (κ2) is 5.80. The van der Waals surface area contributed by atoms with Crippen LogP contribution in [-0.4, -0.2) is 33.7 Å². The Labute approximate surface area is 141 Å². The molecule has 6 nitrogen and oxygen atoms in total. The smallest absolute Gasteiger partial charge is 0.312 e. The van der Waals surface area contributed by atoms with Gasteiger partial charge in [-0.2, -0.15) is 13.2 Å². The molecule has 0 radical (unpaired) electrons. The largest absolute Gasteiger partial charge is 0.417 e. The van der Waals surface area contributed by atoms with E-state index in [9.17, 15) is 21.6 Å². The molecule has 0 aliphatic heterocycles. The first-order chi connectivity index (χ1) is 11.6. The molecule has 132 valence electrons. The lowest BCUT2D eigenvalue weighted by Crippen LogP contribution is -2.07. The van der Waals surface area contributed by atoms with Crippen molar-refractivity contribution in [2.45, 2.75) is 18.0 Å². The Morgan fingerprint density at radius 3 is 2.60 bits per heavy atom. The van der Waals surface area contributed by atoms with E-state index in [-0.39, 0.29) is 33.2 Å². The Morgan fingerprint density at radius 1 is 1.24 bits per heavy atom. The molecule has 0 saturated carbocycles. The average Bonchev–Trinajstić information content (AvgIpc) is 2.90. The van der Waals surface area contributed by atoms with Gasteiger partial charge in [0.2, 0.25) is 0 Å². The van der Waals surface area contributed by atoms with Crippen LogP contribution in [0.2, 0.25) is 0 Å². The molecule has 0 bridgehead atoms. The Kier molecular flexibility index (Phi) is 4.02. The lowest BCUT2D eigenvalue weighted by molar-refractivity contribution is -0.137. The van der Waals surface area contributed by atoms with Crippen molar-refractivity contribution in [1.29, 1.82) is 0 Å². The zero-order valence-electron chi connectivity index (χ0n) is 13.2. The summed E-state index contributed by atoms with van der Waals surface area (Å²) in [6, 6.07) is 2.36. The summed E-state index contributed by atoms with van der Waals surface area (Å²) in [6.07, 6.45) is -1.20. The zero-order valence-corrected chi connectivity index (χ0v) is 14.1. The minimum atomic E-state index is -4.54. The van der Waals surface area contributed by atoms with E-state index < -0.39 is 21.6 Å². The highest BCUT2D eigenvalue weighted by Crippen LogP contribution is 2.32. The second-order valence-corrected chi connectivity index (χ2v) is 7.58. The Hall–Kier alpha value is -2.49. The molecule has 0 unspecified atom stereocenters.